The fourth-order valence-corrected chi connectivity index (χ4v) is 0.196. The molecule has 0 fully saturated rings. The molecule has 4 N–H and O–H groups in total. The fraction of sp³-hybridized carbons (Fsp3) is 0. The van der Waals surface area contributed by atoms with Crippen LogP contribution in [0.3, 0.4) is 0 Å². The lowest BCUT2D eigenvalue weighted by atomic mass is 10.5. The average Bonchev–Trinajstić information content (AvgIpc) is 1.84. The molecule has 0 rings (SSSR count). The van der Waals surface area contributed by atoms with Crippen molar-refractivity contribution in [2.45, 2.75) is 0 Å². The summed E-state index contributed by atoms with van der Waals surface area (Å²) in [4.78, 5) is 18.2. The molecule has 0 spiro atoms. The van der Waals surface area contributed by atoms with E-state index >= 15 is 0 Å². The highest BCUT2D eigenvalue weighted by Crippen LogP contribution is 1.93. The highest BCUT2D eigenvalue weighted by molar-refractivity contribution is 5.83. The molecule has 56 valence electrons. The predicted octanol–water partition coefficient (Wildman–Crippen LogP) is -0.966. The fourth-order valence-electron chi connectivity index (χ4n) is 0.196. The number of carbonyl (C=O) groups is 1. The molecule has 0 saturated carbocycles. The van der Waals surface area contributed by atoms with Crippen LogP contribution in [0, 0.1) is 10.1 Å². The van der Waals surface area contributed by atoms with Gasteiger partial charge < -0.3 is 20.3 Å². The lowest BCUT2D eigenvalue weighted by molar-refractivity contribution is -0.429. The molecule has 0 saturated heterocycles. The topological polar surface area (TPSA) is 127 Å². The molecule has 0 aliphatic rings. The minimum Gasteiger partial charge on any atom is -0.496 e. The molecule has 0 radical (unpaired) electrons. The Morgan fingerprint density at radius 3 is 2.00 bits per heavy atom. The highest BCUT2D eigenvalue weighted by Gasteiger charge is 2.17. The van der Waals surface area contributed by atoms with Gasteiger partial charge in [0.25, 0.3) is 5.76 Å². The number of carboxylic acids is 1. The molecule has 7 heteroatoms. The summed E-state index contributed by atoms with van der Waals surface area (Å²) in [6, 6.07) is 0. The van der Waals surface area contributed by atoms with E-state index < -0.39 is 22.5 Å². The molecule has 0 aliphatic heterocycles. The van der Waals surface area contributed by atoms with Crippen LogP contribution in [0.5, 0.6) is 0 Å². The Balaban J connectivity index is 4.67. The highest BCUT2D eigenvalue weighted by atomic mass is 16.6. The maximum atomic E-state index is 9.75. The number of carboxylic acid groups (broad SMARTS) is 1. The minimum absolute atomic E-state index is 1.19. The van der Waals surface area contributed by atoms with Crippen molar-refractivity contribution in [3.05, 3.63) is 21.7 Å². The molecule has 0 aromatic rings. The first-order chi connectivity index (χ1) is 4.46. The van der Waals surface area contributed by atoms with Crippen molar-refractivity contribution < 1.29 is 19.9 Å². The number of nitrogens with two attached hydrogens (primary N) is 1. The third-order valence-corrected chi connectivity index (χ3v) is 0.642. The maximum Gasteiger partial charge on any atom is 0.379 e. The SMILES string of the molecule is NC(=C(O)C(=O)O)[N+](=O)[O-]. The first-order valence-electron chi connectivity index (χ1n) is 2.03. The van der Waals surface area contributed by atoms with Crippen LogP contribution < -0.4 is 5.73 Å². The summed E-state index contributed by atoms with van der Waals surface area (Å²) < 4.78 is 0. The summed E-state index contributed by atoms with van der Waals surface area (Å²) in [5.41, 5.74) is 4.51. The number of aliphatic carboxylic acids is 1. The Morgan fingerprint density at radius 2 is 1.90 bits per heavy atom. The van der Waals surface area contributed by atoms with Crippen molar-refractivity contribution >= 4 is 5.97 Å². The summed E-state index contributed by atoms with van der Waals surface area (Å²) >= 11 is 0. The van der Waals surface area contributed by atoms with Gasteiger partial charge in [-0.25, -0.2) is 4.79 Å². The van der Waals surface area contributed by atoms with Crippen LogP contribution in [0.25, 0.3) is 0 Å². The Hall–Kier alpha value is -1.79. The number of hydrogen-bond acceptors (Lipinski definition) is 5. The van der Waals surface area contributed by atoms with E-state index in [1.54, 1.807) is 0 Å². The lowest BCUT2D eigenvalue weighted by Crippen LogP contribution is -2.16. The number of hydrogen-bond donors (Lipinski definition) is 3. The number of aliphatic hydroxyl groups excluding tert-OH is 1. The zero-order valence-corrected chi connectivity index (χ0v) is 4.64. The normalized spacial score (nSPS) is 12.0. The zero-order chi connectivity index (χ0) is 8.31. The standard InChI is InChI=1S/C3H4N2O5/c4-2(5(9)10)1(6)3(7)8/h6H,4H2,(H,7,8). The lowest BCUT2D eigenvalue weighted by Gasteiger charge is -1.93. The van der Waals surface area contributed by atoms with Gasteiger partial charge in [-0.15, -0.1) is 0 Å². The maximum absolute atomic E-state index is 9.75. The van der Waals surface area contributed by atoms with Gasteiger partial charge in [0.15, 0.2) is 0 Å². The molecule has 0 aromatic carbocycles. The van der Waals surface area contributed by atoms with Crippen LogP contribution in [0.15, 0.2) is 11.6 Å². The van der Waals surface area contributed by atoms with Gasteiger partial charge in [-0.1, -0.05) is 0 Å². The summed E-state index contributed by atoms with van der Waals surface area (Å²) in [7, 11) is 0. The molecule has 0 amide bonds. The zero-order valence-electron chi connectivity index (χ0n) is 4.64. The van der Waals surface area contributed by atoms with Crippen molar-refractivity contribution in [2.75, 3.05) is 0 Å². The van der Waals surface area contributed by atoms with Gasteiger partial charge in [-0.3, -0.25) is 5.73 Å². The number of rotatable bonds is 2. The van der Waals surface area contributed by atoms with Gasteiger partial charge in [0.05, 0.1) is 0 Å². The van der Waals surface area contributed by atoms with Crippen molar-refractivity contribution in [3.8, 4) is 0 Å². The third-order valence-electron chi connectivity index (χ3n) is 0.642. The van der Waals surface area contributed by atoms with E-state index in [2.05, 4.69) is 5.73 Å². The van der Waals surface area contributed by atoms with Crippen LogP contribution in [0.2, 0.25) is 0 Å². The van der Waals surface area contributed by atoms with E-state index in [-0.39, 0.29) is 0 Å². The van der Waals surface area contributed by atoms with E-state index in [0.29, 0.717) is 0 Å². The minimum atomic E-state index is -1.82. The summed E-state index contributed by atoms with van der Waals surface area (Å²) in [6.45, 7) is 0. The van der Waals surface area contributed by atoms with Gasteiger partial charge in [0.1, 0.15) is 0 Å². The molecule has 0 aromatic heterocycles. The number of nitro groups is 1. The average molecular weight is 148 g/mol. The molecule has 10 heavy (non-hydrogen) atoms. The second kappa shape index (κ2) is 2.67. The molecule has 0 bridgehead atoms. The largest absolute Gasteiger partial charge is 0.496 e. The summed E-state index contributed by atoms with van der Waals surface area (Å²) in [6.07, 6.45) is 0. The first-order valence-corrected chi connectivity index (χ1v) is 2.03. The molecule has 0 unspecified atom stereocenters. The molecule has 7 nitrogen and oxygen atoms in total. The Morgan fingerprint density at radius 1 is 1.50 bits per heavy atom. The van der Waals surface area contributed by atoms with E-state index in [0.717, 1.165) is 0 Å². The summed E-state index contributed by atoms with van der Waals surface area (Å²) in [5.74, 6) is -4.55. The quantitative estimate of drug-likeness (QED) is 0.200. The van der Waals surface area contributed by atoms with Gasteiger partial charge in [-0.05, 0) is 4.92 Å². The van der Waals surface area contributed by atoms with E-state index in [1.807, 2.05) is 0 Å². The van der Waals surface area contributed by atoms with Crippen LogP contribution in [0.1, 0.15) is 0 Å². The third kappa shape index (κ3) is 1.62. The molecule has 0 atom stereocenters. The summed E-state index contributed by atoms with van der Waals surface area (Å²) in [5, 5.41) is 25.8. The first kappa shape index (κ1) is 8.21. The second-order valence-electron chi connectivity index (χ2n) is 1.30. The van der Waals surface area contributed by atoms with E-state index in [4.69, 9.17) is 10.2 Å². The Labute approximate surface area is 54.5 Å². The smallest absolute Gasteiger partial charge is 0.379 e. The van der Waals surface area contributed by atoms with Gasteiger partial charge in [-0.2, -0.15) is 0 Å². The molecular formula is C3H4N2O5. The van der Waals surface area contributed by atoms with E-state index in [9.17, 15) is 14.9 Å². The predicted molar refractivity (Wildman–Crippen MR) is 28.5 cm³/mol. The number of aliphatic hydroxyl groups is 1. The van der Waals surface area contributed by atoms with Crippen molar-refractivity contribution in [1.82, 2.24) is 0 Å². The van der Waals surface area contributed by atoms with Crippen molar-refractivity contribution in [3.63, 3.8) is 0 Å². The van der Waals surface area contributed by atoms with Gasteiger partial charge in [0, 0.05) is 0 Å². The van der Waals surface area contributed by atoms with Crippen LogP contribution >= 0.6 is 0 Å². The Kier molecular flexibility index (Phi) is 2.19. The Bertz CT molecular complexity index is 185. The molecule has 0 aliphatic carbocycles. The van der Waals surface area contributed by atoms with Crippen molar-refractivity contribution in [2.24, 2.45) is 5.73 Å². The van der Waals surface area contributed by atoms with E-state index in [1.165, 1.54) is 0 Å². The van der Waals surface area contributed by atoms with Crippen LogP contribution in [-0.4, -0.2) is 21.1 Å². The molecular weight excluding hydrogens is 144 g/mol. The van der Waals surface area contributed by atoms with Crippen molar-refractivity contribution in [1.29, 1.82) is 0 Å². The molecule has 0 heterocycles. The van der Waals surface area contributed by atoms with Crippen LogP contribution in [-0.2, 0) is 4.79 Å². The number of nitrogens with zero attached hydrogens (tertiary/aromatic N) is 1. The van der Waals surface area contributed by atoms with Crippen LogP contribution in [0.4, 0.5) is 0 Å². The van der Waals surface area contributed by atoms with Gasteiger partial charge in [0.2, 0.25) is 0 Å². The second-order valence-corrected chi connectivity index (χ2v) is 1.30. The monoisotopic (exact) mass is 148 g/mol. The van der Waals surface area contributed by atoms with Gasteiger partial charge >= 0.3 is 11.8 Å².